The predicted octanol–water partition coefficient (Wildman–Crippen LogP) is 2.56. The van der Waals surface area contributed by atoms with Crippen molar-refractivity contribution in [2.45, 2.75) is 32.4 Å². The zero-order valence-electron chi connectivity index (χ0n) is 11.3. The summed E-state index contributed by atoms with van der Waals surface area (Å²) in [6, 6.07) is 3.64. The lowest BCUT2D eigenvalue weighted by atomic mass is 10.2. The largest absolute Gasteiger partial charge is 0.453 e. The fraction of sp³-hybridized carbons (Fsp3) is 0.500. The quantitative estimate of drug-likeness (QED) is 0.858. The SMILES string of the molecule is Cc1cc(NCCCCC#N)n2nc(C(F)(F)F)nc2n1. The highest BCUT2D eigenvalue weighted by Gasteiger charge is 2.36. The smallest absolute Gasteiger partial charge is 0.370 e. The number of nitriles is 1. The zero-order valence-corrected chi connectivity index (χ0v) is 11.3. The molecule has 6 nitrogen and oxygen atoms in total. The van der Waals surface area contributed by atoms with E-state index in [4.69, 9.17) is 5.26 Å². The zero-order chi connectivity index (χ0) is 15.5. The molecule has 0 bridgehead atoms. The summed E-state index contributed by atoms with van der Waals surface area (Å²) < 4.78 is 38.9. The molecule has 2 rings (SSSR count). The highest BCUT2D eigenvalue weighted by Crippen LogP contribution is 2.27. The summed E-state index contributed by atoms with van der Waals surface area (Å²) in [6.07, 6.45) is -2.70. The van der Waals surface area contributed by atoms with Crippen LogP contribution in [0.2, 0.25) is 0 Å². The number of anilines is 1. The Bertz CT molecular complexity index is 670. The Morgan fingerprint density at radius 2 is 2.10 bits per heavy atom. The van der Waals surface area contributed by atoms with E-state index in [9.17, 15) is 13.2 Å². The first-order valence-electron chi connectivity index (χ1n) is 6.34. The lowest BCUT2D eigenvalue weighted by molar-refractivity contribution is -0.144. The van der Waals surface area contributed by atoms with Gasteiger partial charge in [0.05, 0.1) is 6.07 Å². The van der Waals surface area contributed by atoms with Gasteiger partial charge in [-0.25, -0.2) is 4.98 Å². The van der Waals surface area contributed by atoms with Crippen LogP contribution < -0.4 is 5.32 Å². The number of nitrogens with one attached hydrogen (secondary N) is 1. The topological polar surface area (TPSA) is 78.9 Å². The molecule has 1 N–H and O–H groups in total. The van der Waals surface area contributed by atoms with Crippen LogP contribution in [-0.4, -0.2) is 26.1 Å². The van der Waals surface area contributed by atoms with Gasteiger partial charge in [-0.15, -0.1) is 5.10 Å². The van der Waals surface area contributed by atoms with E-state index in [1.165, 1.54) is 0 Å². The summed E-state index contributed by atoms with van der Waals surface area (Å²) in [7, 11) is 0. The molecule has 2 aromatic heterocycles. The molecule has 0 saturated carbocycles. The van der Waals surface area contributed by atoms with E-state index < -0.39 is 12.0 Å². The molecule has 2 aromatic rings. The minimum Gasteiger partial charge on any atom is -0.370 e. The summed E-state index contributed by atoms with van der Waals surface area (Å²) in [5.41, 5.74) is 0.545. The standard InChI is InChI=1S/C12H13F3N6/c1-8-7-9(17-6-4-2-3-5-16)21-11(18-8)19-10(20-21)12(13,14)15/h7,17H,2-4,6H2,1H3. The minimum atomic E-state index is -4.61. The molecule has 21 heavy (non-hydrogen) atoms. The number of unbranched alkanes of at least 4 members (excludes halogenated alkanes) is 2. The van der Waals surface area contributed by atoms with Gasteiger partial charge in [0.2, 0.25) is 0 Å². The molecule has 0 fully saturated rings. The Morgan fingerprint density at radius 1 is 1.33 bits per heavy atom. The second-order valence-electron chi connectivity index (χ2n) is 4.47. The van der Waals surface area contributed by atoms with E-state index in [0.29, 0.717) is 24.5 Å². The van der Waals surface area contributed by atoms with Crippen molar-refractivity contribution in [2.75, 3.05) is 11.9 Å². The lowest BCUT2D eigenvalue weighted by Crippen LogP contribution is -2.10. The van der Waals surface area contributed by atoms with Crippen LogP contribution in [0.3, 0.4) is 0 Å². The van der Waals surface area contributed by atoms with Gasteiger partial charge in [0, 0.05) is 24.7 Å². The maximum atomic E-state index is 12.6. The number of alkyl halides is 3. The first-order chi connectivity index (χ1) is 9.91. The number of halogens is 3. The molecule has 9 heteroatoms. The Kier molecular flexibility index (Phi) is 4.26. The second-order valence-corrected chi connectivity index (χ2v) is 4.47. The molecule has 2 heterocycles. The van der Waals surface area contributed by atoms with Gasteiger partial charge in [0.15, 0.2) is 0 Å². The number of rotatable bonds is 5. The first kappa shape index (κ1) is 15.0. The van der Waals surface area contributed by atoms with Gasteiger partial charge in [-0.2, -0.15) is 27.9 Å². The third-order valence-corrected chi connectivity index (χ3v) is 2.72. The molecule has 0 spiro atoms. The molecule has 0 aromatic carbocycles. The highest BCUT2D eigenvalue weighted by molar-refractivity contribution is 5.45. The molecule has 0 aliphatic heterocycles. The average Bonchev–Trinajstić information content (AvgIpc) is 2.82. The van der Waals surface area contributed by atoms with Crippen LogP contribution in [0.1, 0.15) is 30.8 Å². The Hall–Kier alpha value is -2.37. The molecule has 112 valence electrons. The monoisotopic (exact) mass is 298 g/mol. The minimum absolute atomic E-state index is 0.0955. The fourth-order valence-corrected chi connectivity index (χ4v) is 1.78. The van der Waals surface area contributed by atoms with Crippen molar-refractivity contribution in [1.29, 1.82) is 5.26 Å². The molecule has 0 saturated heterocycles. The van der Waals surface area contributed by atoms with Crippen molar-refractivity contribution in [2.24, 2.45) is 0 Å². The van der Waals surface area contributed by atoms with E-state index in [2.05, 4.69) is 20.4 Å². The second kappa shape index (κ2) is 5.95. The maximum Gasteiger partial charge on any atom is 0.453 e. The third kappa shape index (κ3) is 3.59. The van der Waals surface area contributed by atoms with Crippen molar-refractivity contribution in [3.05, 3.63) is 17.6 Å². The van der Waals surface area contributed by atoms with Crippen molar-refractivity contribution >= 4 is 11.6 Å². The Labute approximate surface area is 118 Å². The molecule has 0 radical (unpaired) electrons. The molecule has 0 amide bonds. The number of aromatic nitrogens is 4. The summed E-state index contributed by atoms with van der Waals surface area (Å²) in [5, 5.41) is 14.9. The van der Waals surface area contributed by atoms with Gasteiger partial charge in [-0.1, -0.05) is 0 Å². The van der Waals surface area contributed by atoms with E-state index >= 15 is 0 Å². The number of nitrogens with zero attached hydrogens (tertiary/aromatic N) is 5. The maximum absolute atomic E-state index is 12.6. The molecule has 0 unspecified atom stereocenters. The van der Waals surface area contributed by atoms with Crippen molar-refractivity contribution < 1.29 is 13.2 Å². The third-order valence-electron chi connectivity index (χ3n) is 2.72. The highest BCUT2D eigenvalue weighted by atomic mass is 19.4. The van der Waals surface area contributed by atoms with Gasteiger partial charge in [-0.3, -0.25) is 0 Å². The lowest BCUT2D eigenvalue weighted by Gasteiger charge is -2.07. The first-order valence-corrected chi connectivity index (χ1v) is 6.34. The summed E-state index contributed by atoms with van der Waals surface area (Å²) in [6.45, 7) is 2.20. The van der Waals surface area contributed by atoms with Gasteiger partial charge < -0.3 is 5.32 Å². The van der Waals surface area contributed by atoms with Crippen molar-refractivity contribution in [3.8, 4) is 6.07 Å². The van der Waals surface area contributed by atoms with Gasteiger partial charge in [-0.05, 0) is 19.8 Å². The van der Waals surface area contributed by atoms with Crippen molar-refractivity contribution in [3.63, 3.8) is 0 Å². The van der Waals surface area contributed by atoms with Crippen molar-refractivity contribution in [1.82, 2.24) is 19.6 Å². The molecule has 0 aliphatic carbocycles. The van der Waals surface area contributed by atoms with Crippen LogP contribution in [-0.2, 0) is 6.18 Å². The van der Waals surface area contributed by atoms with Crippen LogP contribution >= 0.6 is 0 Å². The van der Waals surface area contributed by atoms with Crippen LogP contribution in [0.5, 0.6) is 0 Å². The number of fused-ring (bicyclic) bond motifs is 1. The predicted molar refractivity (Wildman–Crippen MR) is 68.5 cm³/mol. The van der Waals surface area contributed by atoms with E-state index in [1.54, 1.807) is 13.0 Å². The Balaban J connectivity index is 2.22. The van der Waals surface area contributed by atoms with Gasteiger partial charge >= 0.3 is 6.18 Å². The van der Waals surface area contributed by atoms with Crippen LogP contribution in [0.15, 0.2) is 6.07 Å². The molecule has 0 atom stereocenters. The van der Waals surface area contributed by atoms with E-state index in [-0.39, 0.29) is 5.78 Å². The average molecular weight is 298 g/mol. The summed E-state index contributed by atoms with van der Waals surface area (Å²) >= 11 is 0. The van der Waals surface area contributed by atoms with E-state index in [0.717, 1.165) is 17.4 Å². The number of hydrogen-bond donors (Lipinski definition) is 1. The fourth-order valence-electron chi connectivity index (χ4n) is 1.78. The van der Waals surface area contributed by atoms with Gasteiger partial charge in [0.25, 0.3) is 11.6 Å². The molecular formula is C12H13F3N6. The van der Waals surface area contributed by atoms with Crippen LogP contribution in [0.4, 0.5) is 19.0 Å². The van der Waals surface area contributed by atoms with Crippen LogP contribution in [0.25, 0.3) is 5.78 Å². The van der Waals surface area contributed by atoms with Crippen LogP contribution in [0, 0.1) is 18.3 Å². The van der Waals surface area contributed by atoms with Gasteiger partial charge in [0.1, 0.15) is 5.82 Å². The molecule has 0 aliphatic rings. The number of hydrogen-bond acceptors (Lipinski definition) is 5. The van der Waals surface area contributed by atoms with E-state index in [1.807, 2.05) is 6.07 Å². The Morgan fingerprint density at radius 3 is 2.76 bits per heavy atom. The summed E-state index contributed by atoms with van der Waals surface area (Å²) in [5.74, 6) is -0.910. The summed E-state index contributed by atoms with van der Waals surface area (Å²) in [4.78, 5) is 7.33. The molecular weight excluding hydrogens is 285 g/mol. The normalized spacial score (nSPS) is 11.6. The number of aryl methyl sites for hydroxylation is 1.